The van der Waals surface area contributed by atoms with Gasteiger partial charge < -0.3 is 20.4 Å². The van der Waals surface area contributed by atoms with Gasteiger partial charge in [-0.3, -0.25) is 14.4 Å². The van der Waals surface area contributed by atoms with Gasteiger partial charge in [0.1, 0.15) is 6.04 Å². The number of anilines is 2. The monoisotopic (exact) mass is 566 g/mol. The summed E-state index contributed by atoms with van der Waals surface area (Å²) >= 11 is 0. The highest BCUT2D eigenvalue weighted by Crippen LogP contribution is 2.29. The van der Waals surface area contributed by atoms with Crippen molar-refractivity contribution in [2.45, 2.75) is 38.1 Å². The van der Waals surface area contributed by atoms with E-state index in [0.717, 1.165) is 23.4 Å². The van der Waals surface area contributed by atoms with Gasteiger partial charge in [-0.15, -0.1) is 0 Å². The van der Waals surface area contributed by atoms with Crippen molar-refractivity contribution >= 4 is 29.1 Å². The Kier molecular flexibility index (Phi) is 9.31. The van der Waals surface area contributed by atoms with Crippen molar-refractivity contribution in [3.05, 3.63) is 94.8 Å². The first-order valence-corrected chi connectivity index (χ1v) is 13.4. The number of hydrogen-bond acceptors (Lipinski definition) is 4. The van der Waals surface area contributed by atoms with Gasteiger partial charge in [0.2, 0.25) is 11.8 Å². The standard InChI is InChI=1S/C31H33F3N4O3/c1-19(39)35-28(18-20-16-26(32)29(34)27(33)17-20)31(41)38-14-12-22(13-15-38)21-4-8-24(9-5-21)36-30(40)23-6-10-25(11-7-23)37(2)3/h4-11,16-17,22,28H,12-15,18H2,1-3H3,(H,35,39)(H,36,40). The van der Waals surface area contributed by atoms with Gasteiger partial charge in [-0.1, -0.05) is 12.1 Å². The van der Waals surface area contributed by atoms with Crippen LogP contribution < -0.4 is 15.5 Å². The maximum Gasteiger partial charge on any atom is 0.255 e. The first kappa shape index (κ1) is 29.6. The Morgan fingerprint density at radius 3 is 2.05 bits per heavy atom. The summed E-state index contributed by atoms with van der Waals surface area (Å²) < 4.78 is 40.7. The average Bonchev–Trinajstić information content (AvgIpc) is 2.95. The smallest absolute Gasteiger partial charge is 0.255 e. The van der Waals surface area contributed by atoms with Crippen LogP contribution in [0.5, 0.6) is 0 Å². The van der Waals surface area contributed by atoms with Crippen LogP contribution in [0.1, 0.15) is 47.2 Å². The Bertz CT molecular complexity index is 1380. The van der Waals surface area contributed by atoms with E-state index in [1.807, 2.05) is 55.4 Å². The second-order valence-corrected chi connectivity index (χ2v) is 10.4. The molecule has 1 aliphatic heterocycles. The minimum atomic E-state index is -1.58. The molecule has 7 nitrogen and oxygen atoms in total. The normalized spacial score (nSPS) is 14.3. The van der Waals surface area contributed by atoms with Crippen molar-refractivity contribution in [3.8, 4) is 0 Å². The van der Waals surface area contributed by atoms with Gasteiger partial charge in [0.25, 0.3) is 5.91 Å². The maximum absolute atomic E-state index is 13.7. The number of carbonyl (C=O) groups is 3. The van der Waals surface area contributed by atoms with Crippen molar-refractivity contribution < 1.29 is 27.6 Å². The van der Waals surface area contributed by atoms with E-state index in [4.69, 9.17) is 0 Å². The van der Waals surface area contributed by atoms with E-state index in [9.17, 15) is 27.6 Å². The molecule has 0 radical (unpaired) electrons. The van der Waals surface area contributed by atoms with E-state index in [2.05, 4.69) is 10.6 Å². The summed E-state index contributed by atoms with van der Waals surface area (Å²) in [5.74, 6) is -5.10. The van der Waals surface area contributed by atoms with Gasteiger partial charge in [0, 0.05) is 57.5 Å². The fourth-order valence-electron chi connectivity index (χ4n) is 5.01. The molecule has 1 unspecified atom stereocenters. The molecule has 1 heterocycles. The third-order valence-electron chi connectivity index (χ3n) is 7.25. The molecule has 10 heteroatoms. The molecule has 3 amide bonds. The van der Waals surface area contributed by atoms with Crippen molar-refractivity contribution in [2.75, 3.05) is 37.4 Å². The fraction of sp³-hybridized carbons (Fsp3) is 0.323. The van der Waals surface area contributed by atoms with Crippen LogP contribution in [0.4, 0.5) is 24.5 Å². The Morgan fingerprint density at radius 2 is 1.51 bits per heavy atom. The van der Waals surface area contributed by atoms with Crippen LogP contribution in [0.3, 0.4) is 0 Å². The van der Waals surface area contributed by atoms with Crippen molar-refractivity contribution in [1.29, 1.82) is 0 Å². The van der Waals surface area contributed by atoms with Crippen LogP contribution in [0.2, 0.25) is 0 Å². The summed E-state index contributed by atoms with van der Waals surface area (Å²) in [6.07, 6.45) is 1.20. The SMILES string of the molecule is CC(=O)NC(Cc1cc(F)c(F)c(F)c1)C(=O)N1CCC(c2ccc(NC(=O)c3ccc(N(C)C)cc3)cc2)CC1. The van der Waals surface area contributed by atoms with Crippen LogP contribution in [0, 0.1) is 17.5 Å². The van der Waals surface area contributed by atoms with Crippen LogP contribution >= 0.6 is 0 Å². The second-order valence-electron chi connectivity index (χ2n) is 10.4. The molecular weight excluding hydrogens is 533 g/mol. The van der Waals surface area contributed by atoms with Crippen LogP contribution in [-0.4, -0.2) is 55.8 Å². The number of carbonyl (C=O) groups excluding carboxylic acids is 3. The van der Waals surface area contributed by atoms with Crippen molar-refractivity contribution in [3.63, 3.8) is 0 Å². The van der Waals surface area contributed by atoms with E-state index in [-0.39, 0.29) is 29.7 Å². The summed E-state index contributed by atoms with van der Waals surface area (Å²) in [5.41, 5.74) is 3.39. The van der Waals surface area contributed by atoms with Gasteiger partial charge in [0.15, 0.2) is 17.5 Å². The lowest BCUT2D eigenvalue weighted by Crippen LogP contribution is -2.51. The minimum Gasteiger partial charge on any atom is -0.378 e. The minimum absolute atomic E-state index is 0.0705. The lowest BCUT2D eigenvalue weighted by Gasteiger charge is -2.34. The molecule has 0 bridgehead atoms. The molecule has 4 rings (SSSR count). The quantitative estimate of drug-likeness (QED) is 0.381. The Balaban J connectivity index is 1.34. The number of piperidine rings is 1. The van der Waals surface area contributed by atoms with Crippen molar-refractivity contribution in [1.82, 2.24) is 10.2 Å². The highest BCUT2D eigenvalue weighted by Gasteiger charge is 2.30. The zero-order chi connectivity index (χ0) is 29.7. The third kappa shape index (κ3) is 7.45. The number of likely N-dealkylation sites (tertiary alicyclic amines) is 1. The number of amides is 3. The molecule has 0 aliphatic carbocycles. The zero-order valence-electron chi connectivity index (χ0n) is 23.2. The lowest BCUT2D eigenvalue weighted by molar-refractivity contribution is -0.137. The van der Waals surface area contributed by atoms with Gasteiger partial charge >= 0.3 is 0 Å². The van der Waals surface area contributed by atoms with E-state index < -0.39 is 29.4 Å². The zero-order valence-corrected chi connectivity index (χ0v) is 23.2. The summed E-state index contributed by atoms with van der Waals surface area (Å²) in [7, 11) is 3.87. The molecule has 0 spiro atoms. The third-order valence-corrected chi connectivity index (χ3v) is 7.25. The van der Waals surface area contributed by atoms with Crippen LogP contribution in [0.15, 0.2) is 60.7 Å². The highest BCUT2D eigenvalue weighted by molar-refractivity contribution is 6.04. The highest BCUT2D eigenvalue weighted by atomic mass is 19.2. The fourth-order valence-corrected chi connectivity index (χ4v) is 5.01. The summed E-state index contributed by atoms with van der Waals surface area (Å²) in [5, 5.41) is 5.47. The molecule has 2 N–H and O–H groups in total. The van der Waals surface area contributed by atoms with Crippen LogP contribution in [-0.2, 0) is 16.0 Å². The molecule has 3 aromatic rings. The van der Waals surface area contributed by atoms with Crippen LogP contribution in [0.25, 0.3) is 0 Å². The second kappa shape index (κ2) is 12.9. The number of nitrogens with zero attached hydrogens (tertiary/aromatic N) is 2. The van der Waals surface area contributed by atoms with Gasteiger partial charge in [0.05, 0.1) is 0 Å². The van der Waals surface area contributed by atoms with E-state index in [1.54, 1.807) is 17.0 Å². The summed E-state index contributed by atoms with van der Waals surface area (Å²) in [6.45, 7) is 2.13. The van der Waals surface area contributed by atoms with E-state index >= 15 is 0 Å². The predicted octanol–water partition coefficient (Wildman–Crippen LogP) is 4.88. The van der Waals surface area contributed by atoms with Gasteiger partial charge in [-0.25, -0.2) is 13.2 Å². The molecule has 1 aliphatic rings. The summed E-state index contributed by atoms with van der Waals surface area (Å²) in [6, 6.07) is 15.6. The number of benzene rings is 3. The molecule has 1 saturated heterocycles. The topological polar surface area (TPSA) is 81.8 Å². The molecule has 1 fully saturated rings. The van der Waals surface area contributed by atoms with E-state index in [0.29, 0.717) is 37.2 Å². The molecule has 1 atom stereocenters. The molecule has 3 aromatic carbocycles. The summed E-state index contributed by atoms with van der Waals surface area (Å²) in [4.78, 5) is 41.2. The lowest BCUT2D eigenvalue weighted by atomic mass is 9.89. The van der Waals surface area contributed by atoms with E-state index in [1.165, 1.54) is 6.92 Å². The first-order valence-electron chi connectivity index (χ1n) is 13.4. The molecule has 0 aromatic heterocycles. The maximum atomic E-state index is 13.7. The predicted molar refractivity (Wildman–Crippen MR) is 151 cm³/mol. The first-order chi connectivity index (χ1) is 19.5. The average molecular weight is 567 g/mol. The molecule has 0 saturated carbocycles. The Labute approximate surface area is 237 Å². The number of halogens is 3. The Morgan fingerprint density at radius 1 is 0.927 bits per heavy atom. The number of hydrogen-bond donors (Lipinski definition) is 2. The van der Waals surface area contributed by atoms with Gasteiger partial charge in [-0.05, 0) is 78.4 Å². The molecular formula is C31H33F3N4O3. The van der Waals surface area contributed by atoms with Gasteiger partial charge in [-0.2, -0.15) is 0 Å². The number of nitrogens with one attached hydrogen (secondary N) is 2. The van der Waals surface area contributed by atoms with Crippen molar-refractivity contribution in [2.24, 2.45) is 0 Å². The molecule has 41 heavy (non-hydrogen) atoms. The largest absolute Gasteiger partial charge is 0.378 e. The Hall–Kier alpha value is -4.34. The number of rotatable bonds is 8. The molecule has 216 valence electrons.